The van der Waals surface area contributed by atoms with Crippen LogP contribution >= 0.6 is 0 Å². The largest absolute Gasteiger partial charge is 0.177 e. The fraction of sp³-hybridized carbons (Fsp3) is 0.526. The van der Waals surface area contributed by atoms with E-state index in [0.717, 1.165) is 11.8 Å². The van der Waals surface area contributed by atoms with Crippen molar-refractivity contribution < 1.29 is 32.7 Å². The smallest absolute Gasteiger partial charge is 0 e. The van der Waals surface area contributed by atoms with Crippen molar-refractivity contribution in [2.24, 2.45) is 11.8 Å². The summed E-state index contributed by atoms with van der Waals surface area (Å²) in [6.07, 6.45) is 6.85. The fourth-order valence-corrected chi connectivity index (χ4v) is 7.46. The van der Waals surface area contributed by atoms with E-state index in [1.165, 1.54) is 121 Å². The van der Waals surface area contributed by atoms with E-state index in [2.05, 4.69) is 96.1 Å². The van der Waals surface area contributed by atoms with Crippen LogP contribution < -0.4 is 0 Å². The van der Waals surface area contributed by atoms with Gasteiger partial charge < -0.3 is 0 Å². The molecule has 0 aliphatic heterocycles. The second-order valence-electron chi connectivity index (χ2n) is 12.9. The molecule has 39 heavy (non-hydrogen) atoms. The molecule has 0 spiro atoms. The third-order valence-electron chi connectivity index (χ3n) is 10.8. The van der Waals surface area contributed by atoms with Gasteiger partial charge in [-0.3, -0.25) is 0 Å². The molecule has 1 heteroatoms. The Morgan fingerprint density at radius 2 is 0.769 bits per heavy atom. The van der Waals surface area contributed by atoms with Crippen molar-refractivity contribution in [3.63, 3.8) is 0 Å². The Morgan fingerprint density at radius 3 is 1.13 bits per heavy atom. The van der Waals surface area contributed by atoms with Crippen molar-refractivity contribution >= 4 is 0 Å². The van der Waals surface area contributed by atoms with Crippen LogP contribution in [0.15, 0.2) is 0 Å². The van der Waals surface area contributed by atoms with Crippen LogP contribution in [-0.4, -0.2) is 0 Å². The topological polar surface area (TPSA) is 0 Å². The van der Waals surface area contributed by atoms with E-state index in [9.17, 15) is 0 Å². The maximum atomic E-state index is 3.59. The average Bonchev–Trinajstić information content (AvgIpc) is 2.88. The first kappa shape index (κ1) is 32.3. The summed E-state index contributed by atoms with van der Waals surface area (Å²) >= 11 is 0. The Labute approximate surface area is 265 Å². The molecule has 1 aliphatic rings. The zero-order chi connectivity index (χ0) is 28.2. The quantitative estimate of drug-likeness (QED) is 0.263. The minimum absolute atomic E-state index is 0. The molecule has 0 aromatic heterocycles. The number of aryl methyl sites for hydroxylation is 2. The minimum atomic E-state index is 0. The summed E-state index contributed by atoms with van der Waals surface area (Å²) in [6, 6.07) is 3.59. The molecule has 1 fully saturated rings. The number of rotatable bonds is 4. The zero-order valence-corrected chi connectivity index (χ0v) is 30.1. The van der Waals surface area contributed by atoms with E-state index in [1.54, 1.807) is 5.56 Å². The molecule has 0 unspecified atom stereocenters. The predicted octanol–water partition coefficient (Wildman–Crippen LogP) is 10.9. The molecule has 0 bridgehead atoms. The van der Waals surface area contributed by atoms with E-state index in [4.69, 9.17) is 0 Å². The summed E-state index contributed by atoms with van der Waals surface area (Å²) < 4.78 is 0. The fourth-order valence-electron chi connectivity index (χ4n) is 7.46. The van der Waals surface area contributed by atoms with Gasteiger partial charge in [-0.15, -0.1) is 16.7 Å². The van der Waals surface area contributed by atoms with Crippen LogP contribution in [0.25, 0.3) is 22.3 Å². The van der Waals surface area contributed by atoms with Gasteiger partial charge in [-0.2, -0.15) is 17.2 Å². The maximum Gasteiger partial charge on any atom is 0 e. The van der Waals surface area contributed by atoms with Gasteiger partial charge in [-0.1, -0.05) is 47.5 Å². The monoisotopic (exact) mass is 596 g/mol. The average molecular weight is 597 g/mol. The molecule has 4 rings (SSSR count). The summed E-state index contributed by atoms with van der Waals surface area (Å²) in [6.45, 7) is 30.4. The van der Waals surface area contributed by atoms with Crippen LogP contribution in [0.1, 0.15) is 105 Å². The summed E-state index contributed by atoms with van der Waals surface area (Å²) in [5, 5.41) is 0. The molecule has 0 saturated heterocycles. The Bertz CT molecular complexity index is 1330. The zero-order valence-electron chi connectivity index (χ0n) is 27.3. The van der Waals surface area contributed by atoms with E-state index >= 15 is 0 Å². The van der Waals surface area contributed by atoms with Crippen LogP contribution in [0.4, 0.5) is 0 Å². The van der Waals surface area contributed by atoms with Gasteiger partial charge in [0.15, 0.2) is 0 Å². The van der Waals surface area contributed by atoms with Gasteiger partial charge >= 0.3 is 0 Å². The molecule has 1 aliphatic carbocycles. The van der Waals surface area contributed by atoms with E-state index in [1.807, 2.05) is 0 Å². The Morgan fingerprint density at radius 1 is 0.462 bits per heavy atom. The second kappa shape index (κ2) is 12.3. The van der Waals surface area contributed by atoms with E-state index in [0.29, 0.717) is 0 Å². The maximum absolute atomic E-state index is 3.59. The molecule has 0 heterocycles. The molecular formula is C38H51Y-. The number of hydrogen-bond acceptors (Lipinski definition) is 0. The Kier molecular flexibility index (Phi) is 10.2. The first-order chi connectivity index (χ1) is 17.8. The Hall–Kier alpha value is -1.24. The molecule has 1 radical (unpaired) electrons. The third kappa shape index (κ3) is 5.64. The standard InChI is InChI=1S/C38H51.Y/c1-20-14-16-33(17-15-20)19-34-25(6)27(8)36(28(9)26(34)7)38-31(12)29(10)37(30(11)32(38)13)35-23(4)21(2)18-22(3)24(35)5;/h20,33H,14-17,19H2,1-13H3;/q-1;. The third-order valence-corrected chi connectivity index (χ3v) is 10.8. The summed E-state index contributed by atoms with van der Waals surface area (Å²) in [7, 11) is 0. The second-order valence-corrected chi connectivity index (χ2v) is 12.9. The summed E-state index contributed by atoms with van der Waals surface area (Å²) in [5.41, 5.74) is 24.4. The van der Waals surface area contributed by atoms with Crippen molar-refractivity contribution in [3.05, 3.63) is 78.4 Å². The molecule has 207 valence electrons. The van der Waals surface area contributed by atoms with Crippen molar-refractivity contribution in [1.29, 1.82) is 0 Å². The molecule has 3 aromatic rings. The number of hydrogen-bond donors (Lipinski definition) is 0. The van der Waals surface area contributed by atoms with Crippen molar-refractivity contribution in [2.75, 3.05) is 0 Å². The number of benzene rings is 3. The molecule has 3 aromatic carbocycles. The van der Waals surface area contributed by atoms with Gasteiger partial charge in [0.1, 0.15) is 0 Å². The molecule has 0 nitrogen and oxygen atoms in total. The van der Waals surface area contributed by atoms with Crippen molar-refractivity contribution in [3.8, 4) is 22.3 Å². The van der Waals surface area contributed by atoms with Crippen LogP contribution in [0.2, 0.25) is 0 Å². The van der Waals surface area contributed by atoms with Crippen LogP contribution in [0.5, 0.6) is 0 Å². The van der Waals surface area contributed by atoms with Gasteiger partial charge in [0.2, 0.25) is 0 Å². The molecule has 0 N–H and O–H groups in total. The summed E-state index contributed by atoms with van der Waals surface area (Å²) in [5.74, 6) is 1.76. The van der Waals surface area contributed by atoms with Gasteiger partial charge in [0.05, 0.1) is 0 Å². The predicted molar refractivity (Wildman–Crippen MR) is 168 cm³/mol. The normalized spacial score (nSPS) is 17.4. The minimum Gasteiger partial charge on any atom is -0.177 e. The van der Waals surface area contributed by atoms with Crippen molar-refractivity contribution in [2.45, 2.75) is 122 Å². The summed E-state index contributed by atoms with van der Waals surface area (Å²) in [4.78, 5) is 0. The molecular weight excluding hydrogens is 545 g/mol. The van der Waals surface area contributed by atoms with Crippen LogP contribution in [0, 0.1) is 101 Å². The SMILES string of the molecule is Cc1[c-]c(C)c(C)c(-c2c(C)c(C)c(-c3c(C)c(C)c(CC4CCC(C)CC4)c(C)c3C)c(C)c2C)c1C.[Y]. The van der Waals surface area contributed by atoms with Gasteiger partial charge in [0, 0.05) is 32.7 Å². The Balaban J connectivity index is 0.00000420. The first-order valence-electron chi connectivity index (χ1n) is 15.0. The van der Waals surface area contributed by atoms with Gasteiger partial charge in [-0.05, 0) is 153 Å². The molecule has 0 atom stereocenters. The molecule has 1 saturated carbocycles. The first-order valence-corrected chi connectivity index (χ1v) is 15.0. The van der Waals surface area contributed by atoms with Gasteiger partial charge in [0.25, 0.3) is 0 Å². The van der Waals surface area contributed by atoms with Crippen LogP contribution in [-0.2, 0) is 39.1 Å². The van der Waals surface area contributed by atoms with Crippen LogP contribution in [0.3, 0.4) is 0 Å². The van der Waals surface area contributed by atoms with Crippen molar-refractivity contribution in [1.82, 2.24) is 0 Å². The molecule has 0 amide bonds. The van der Waals surface area contributed by atoms with Gasteiger partial charge in [-0.25, -0.2) is 0 Å². The van der Waals surface area contributed by atoms with E-state index < -0.39 is 0 Å². The van der Waals surface area contributed by atoms with E-state index in [-0.39, 0.29) is 32.7 Å².